The Hall–Kier alpha value is -3.80. The fraction of sp³-hybridized carbons (Fsp3) is 0.167. The van der Waals surface area contributed by atoms with E-state index in [0.717, 1.165) is 17.5 Å². The van der Waals surface area contributed by atoms with E-state index in [9.17, 15) is 4.79 Å². The van der Waals surface area contributed by atoms with Crippen molar-refractivity contribution in [2.24, 2.45) is 0 Å². The van der Waals surface area contributed by atoms with Gasteiger partial charge >= 0.3 is 0 Å². The maximum Gasteiger partial charge on any atom is 0.269 e. The maximum absolute atomic E-state index is 12.0. The van der Waals surface area contributed by atoms with Gasteiger partial charge in [-0.15, -0.1) is 0 Å². The Morgan fingerprint density at radius 3 is 2.33 bits per heavy atom. The number of amides is 1. The smallest absolute Gasteiger partial charge is 0.269 e. The standard InChI is InChI=1S/C24H21N5O/c1-2-16-3-5-17(6-4-16)18-7-9-19(10-8-18)23-25-12-11-20(27-23)21-15-22-24(30)26-13-14-29(22)28-21/h3-12,15H,2,13-14H2,1H3,(H,26,30). The normalized spacial score (nSPS) is 13.0. The van der Waals surface area contributed by atoms with Gasteiger partial charge in [0.1, 0.15) is 11.4 Å². The first-order chi connectivity index (χ1) is 14.7. The van der Waals surface area contributed by atoms with Crippen LogP contribution in [0.25, 0.3) is 33.9 Å². The van der Waals surface area contributed by atoms with Gasteiger partial charge in [-0.3, -0.25) is 9.48 Å². The van der Waals surface area contributed by atoms with Gasteiger partial charge in [-0.05, 0) is 35.2 Å². The first-order valence-corrected chi connectivity index (χ1v) is 10.1. The van der Waals surface area contributed by atoms with Crippen LogP contribution in [-0.4, -0.2) is 32.2 Å². The van der Waals surface area contributed by atoms with Crippen LogP contribution in [0.15, 0.2) is 66.9 Å². The molecule has 0 fully saturated rings. The SMILES string of the molecule is CCc1ccc(-c2ccc(-c3nccc(-c4cc5n(n4)CCNC5=O)n3)cc2)cc1. The number of rotatable bonds is 4. The molecule has 30 heavy (non-hydrogen) atoms. The average Bonchev–Trinajstić information content (AvgIpc) is 3.25. The molecule has 3 heterocycles. The van der Waals surface area contributed by atoms with E-state index in [1.807, 2.05) is 18.2 Å². The lowest BCUT2D eigenvalue weighted by molar-refractivity contribution is 0.0924. The van der Waals surface area contributed by atoms with Crippen molar-refractivity contribution in [3.63, 3.8) is 0 Å². The number of carbonyl (C=O) groups excluding carboxylic acids is 1. The van der Waals surface area contributed by atoms with E-state index in [0.29, 0.717) is 36.0 Å². The van der Waals surface area contributed by atoms with E-state index in [4.69, 9.17) is 0 Å². The molecule has 6 nitrogen and oxygen atoms in total. The Labute approximate surface area is 174 Å². The Bertz CT molecular complexity index is 1210. The van der Waals surface area contributed by atoms with Crippen LogP contribution >= 0.6 is 0 Å². The van der Waals surface area contributed by atoms with Gasteiger partial charge in [0, 0.05) is 18.3 Å². The zero-order valence-corrected chi connectivity index (χ0v) is 16.7. The number of aromatic nitrogens is 4. The van der Waals surface area contributed by atoms with Gasteiger partial charge in [0.2, 0.25) is 0 Å². The van der Waals surface area contributed by atoms with Crippen molar-refractivity contribution in [1.29, 1.82) is 0 Å². The van der Waals surface area contributed by atoms with E-state index in [2.05, 4.69) is 63.7 Å². The Morgan fingerprint density at radius 1 is 0.933 bits per heavy atom. The van der Waals surface area contributed by atoms with Gasteiger partial charge < -0.3 is 5.32 Å². The molecule has 0 saturated carbocycles. The lowest BCUT2D eigenvalue weighted by atomic mass is 10.0. The molecular weight excluding hydrogens is 374 g/mol. The molecule has 1 aliphatic heterocycles. The quantitative estimate of drug-likeness (QED) is 0.567. The maximum atomic E-state index is 12.0. The van der Waals surface area contributed by atoms with Gasteiger partial charge in [-0.2, -0.15) is 5.10 Å². The number of aryl methyl sites for hydroxylation is 1. The minimum atomic E-state index is -0.100. The van der Waals surface area contributed by atoms with Crippen molar-refractivity contribution in [2.45, 2.75) is 19.9 Å². The number of fused-ring (bicyclic) bond motifs is 1. The highest BCUT2D eigenvalue weighted by Gasteiger charge is 2.20. The second kappa shape index (κ2) is 7.55. The van der Waals surface area contributed by atoms with E-state index >= 15 is 0 Å². The van der Waals surface area contributed by atoms with Crippen LogP contribution in [0, 0.1) is 0 Å². The van der Waals surface area contributed by atoms with Crippen LogP contribution in [0.2, 0.25) is 0 Å². The van der Waals surface area contributed by atoms with E-state index in [-0.39, 0.29) is 5.91 Å². The summed E-state index contributed by atoms with van der Waals surface area (Å²) in [6, 6.07) is 20.5. The van der Waals surface area contributed by atoms with Crippen molar-refractivity contribution in [3.8, 4) is 33.9 Å². The topological polar surface area (TPSA) is 72.7 Å². The third kappa shape index (κ3) is 3.37. The number of benzene rings is 2. The number of hydrogen-bond acceptors (Lipinski definition) is 4. The second-order valence-electron chi connectivity index (χ2n) is 7.29. The summed E-state index contributed by atoms with van der Waals surface area (Å²) < 4.78 is 1.73. The zero-order valence-electron chi connectivity index (χ0n) is 16.7. The molecule has 1 aliphatic rings. The number of nitrogens with zero attached hydrogens (tertiary/aromatic N) is 4. The molecular formula is C24H21N5O. The summed E-state index contributed by atoms with van der Waals surface area (Å²) in [7, 11) is 0. The Balaban J connectivity index is 1.43. The minimum absolute atomic E-state index is 0.100. The first kappa shape index (κ1) is 18.2. The van der Waals surface area contributed by atoms with Crippen LogP contribution < -0.4 is 5.32 Å². The lowest BCUT2D eigenvalue weighted by Crippen LogP contribution is -2.35. The molecule has 0 unspecified atom stereocenters. The highest BCUT2D eigenvalue weighted by molar-refractivity contribution is 5.94. The first-order valence-electron chi connectivity index (χ1n) is 10.1. The van der Waals surface area contributed by atoms with Gasteiger partial charge in [0.15, 0.2) is 5.82 Å². The highest BCUT2D eigenvalue weighted by atomic mass is 16.2. The molecule has 0 aliphatic carbocycles. The molecule has 1 N–H and O–H groups in total. The van der Waals surface area contributed by atoms with E-state index < -0.39 is 0 Å². The molecule has 5 rings (SSSR count). The molecule has 6 heteroatoms. The summed E-state index contributed by atoms with van der Waals surface area (Å²) in [6.45, 7) is 3.42. The second-order valence-corrected chi connectivity index (χ2v) is 7.29. The predicted molar refractivity (Wildman–Crippen MR) is 116 cm³/mol. The third-order valence-corrected chi connectivity index (χ3v) is 5.38. The molecule has 0 spiro atoms. The summed E-state index contributed by atoms with van der Waals surface area (Å²) in [5, 5.41) is 7.37. The fourth-order valence-electron chi connectivity index (χ4n) is 3.65. The Morgan fingerprint density at radius 2 is 1.63 bits per heavy atom. The number of nitrogens with one attached hydrogen (secondary N) is 1. The summed E-state index contributed by atoms with van der Waals surface area (Å²) in [4.78, 5) is 21.1. The molecule has 4 aromatic rings. The molecule has 2 aromatic heterocycles. The van der Waals surface area contributed by atoms with Gasteiger partial charge in [0.05, 0.1) is 12.2 Å². The van der Waals surface area contributed by atoms with Gasteiger partial charge in [0.25, 0.3) is 5.91 Å². The predicted octanol–water partition coefficient (Wildman–Crippen LogP) is 3.98. The Kier molecular flexibility index (Phi) is 4.59. The molecule has 0 saturated heterocycles. The van der Waals surface area contributed by atoms with Crippen LogP contribution in [0.3, 0.4) is 0 Å². The van der Waals surface area contributed by atoms with Gasteiger partial charge in [-0.25, -0.2) is 9.97 Å². The van der Waals surface area contributed by atoms with Crippen LogP contribution in [0.5, 0.6) is 0 Å². The number of carbonyl (C=O) groups is 1. The third-order valence-electron chi connectivity index (χ3n) is 5.38. The highest BCUT2D eigenvalue weighted by Crippen LogP contribution is 2.25. The molecule has 148 valence electrons. The van der Waals surface area contributed by atoms with Crippen molar-refractivity contribution in [1.82, 2.24) is 25.1 Å². The van der Waals surface area contributed by atoms with E-state index in [1.165, 1.54) is 11.1 Å². The van der Waals surface area contributed by atoms with Crippen molar-refractivity contribution in [3.05, 3.63) is 78.1 Å². The largest absolute Gasteiger partial charge is 0.349 e. The molecule has 0 bridgehead atoms. The summed E-state index contributed by atoms with van der Waals surface area (Å²) in [6.07, 6.45) is 2.77. The van der Waals surface area contributed by atoms with Crippen LogP contribution in [-0.2, 0) is 13.0 Å². The lowest BCUT2D eigenvalue weighted by Gasteiger charge is -2.13. The van der Waals surface area contributed by atoms with Crippen molar-refractivity contribution in [2.75, 3.05) is 6.54 Å². The average molecular weight is 395 g/mol. The number of hydrogen-bond donors (Lipinski definition) is 1. The minimum Gasteiger partial charge on any atom is -0.349 e. The van der Waals surface area contributed by atoms with Gasteiger partial charge in [-0.1, -0.05) is 55.5 Å². The molecule has 2 aromatic carbocycles. The summed E-state index contributed by atoms with van der Waals surface area (Å²) >= 11 is 0. The molecule has 0 radical (unpaired) electrons. The van der Waals surface area contributed by atoms with Crippen molar-refractivity contribution >= 4 is 5.91 Å². The monoisotopic (exact) mass is 395 g/mol. The van der Waals surface area contributed by atoms with Crippen LogP contribution in [0.4, 0.5) is 0 Å². The van der Waals surface area contributed by atoms with Crippen LogP contribution in [0.1, 0.15) is 23.0 Å². The molecule has 0 atom stereocenters. The van der Waals surface area contributed by atoms with Crippen molar-refractivity contribution < 1.29 is 4.79 Å². The fourth-order valence-corrected chi connectivity index (χ4v) is 3.65. The van der Waals surface area contributed by atoms with E-state index in [1.54, 1.807) is 16.9 Å². The summed E-state index contributed by atoms with van der Waals surface area (Å²) in [5.41, 5.74) is 6.56. The zero-order chi connectivity index (χ0) is 20.5. The molecule has 1 amide bonds. The summed E-state index contributed by atoms with van der Waals surface area (Å²) in [5.74, 6) is 0.535.